The summed E-state index contributed by atoms with van der Waals surface area (Å²) in [5.74, 6) is -0.0629. The highest BCUT2D eigenvalue weighted by molar-refractivity contribution is 7.85. The Kier molecular flexibility index (Phi) is 2.15. The van der Waals surface area contributed by atoms with Crippen molar-refractivity contribution < 1.29 is 17.4 Å². The predicted octanol–water partition coefficient (Wildman–Crippen LogP) is -1.15. The predicted molar refractivity (Wildman–Crippen MR) is 37.3 cm³/mol. The second-order valence-corrected chi connectivity index (χ2v) is 4.10. The molecule has 0 saturated carbocycles. The third-order valence-electron chi connectivity index (χ3n) is 1.28. The first kappa shape index (κ1) is 8.48. The highest BCUT2D eigenvalue weighted by Gasteiger charge is 2.26. The second kappa shape index (κ2) is 2.78. The number of hydrogen-bond donors (Lipinski definition) is 1. The number of rotatable bonds is 3. The van der Waals surface area contributed by atoms with Gasteiger partial charge in [-0.15, -0.1) is 0 Å². The molecule has 11 heavy (non-hydrogen) atoms. The van der Waals surface area contributed by atoms with E-state index in [9.17, 15) is 13.2 Å². The average molecular weight is 179 g/mol. The van der Waals surface area contributed by atoms with Crippen LogP contribution in [-0.2, 0) is 19.1 Å². The smallest absolute Gasteiger partial charge is 0.264 e. The SMILES string of the molecule is CS(=O)(=O)OCC1CC(=O)N1. The molecule has 0 aromatic heterocycles. The van der Waals surface area contributed by atoms with Crippen LogP contribution in [0.25, 0.3) is 0 Å². The quantitative estimate of drug-likeness (QED) is 0.438. The molecule has 64 valence electrons. The Labute approximate surface area is 64.9 Å². The molecule has 0 aliphatic carbocycles. The highest BCUT2D eigenvalue weighted by atomic mass is 32.2. The minimum atomic E-state index is -3.36. The number of carbonyl (C=O) groups excluding carboxylic acids is 1. The monoisotopic (exact) mass is 179 g/mol. The van der Waals surface area contributed by atoms with E-state index in [1.807, 2.05) is 0 Å². The van der Waals surface area contributed by atoms with Crippen molar-refractivity contribution in [3.63, 3.8) is 0 Å². The summed E-state index contributed by atoms with van der Waals surface area (Å²) in [4.78, 5) is 10.3. The number of amides is 1. The molecule has 1 fully saturated rings. The first-order valence-corrected chi connectivity index (χ1v) is 4.93. The van der Waals surface area contributed by atoms with E-state index in [0.29, 0.717) is 6.42 Å². The zero-order valence-electron chi connectivity index (χ0n) is 6.03. The van der Waals surface area contributed by atoms with Gasteiger partial charge in [0, 0.05) is 6.42 Å². The van der Waals surface area contributed by atoms with Gasteiger partial charge in [-0.3, -0.25) is 8.98 Å². The molecule has 1 unspecified atom stereocenters. The van der Waals surface area contributed by atoms with Crippen molar-refractivity contribution >= 4 is 16.0 Å². The molecule has 1 rings (SSSR count). The Morgan fingerprint density at radius 1 is 1.73 bits per heavy atom. The standard InChI is InChI=1S/C5H9NO4S/c1-11(8,9)10-3-4-2-5(7)6-4/h4H,2-3H2,1H3,(H,6,7). The van der Waals surface area contributed by atoms with Gasteiger partial charge in [-0.25, -0.2) is 0 Å². The van der Waals surface area contributed by atoms with Crippen LogP contribution in [0.2, 0.25) is 0 Å². The molecule has 0 aromatic carbocycles. The molecule has 0 aromatic rings. The van der Waals surface area contributed by atoms with E-state index in [1.165, 1.54) is 0 Å². The number of nitrogens with one attached hydrogen (secondary N) is 1. The molecule has 1 amide bonds. The van der Waals surface area contributed by atoms with E-state index in [-0.39, 0.29) is 18.6 Å². The Bertz CT molecular complexity index is 250. The Morgan fingerprint density at radius 2 is 2.27 bits per heavy atom. The van der Waals surface area contributed by atoms with E-state index in [1.54, 1.807) is 0 Å². The van der Waals surface area contributed by atoms with E-state index in [0.717, 1.165) is 6.26 Å². The van der Waals surface area contributed by atoms with Crippen LogP contribution in [-0.4, -0.2) is 33.2 Å². The Balaban J connectivity index is 2.20. The van der Waals surface area contributed by atoms with Gasteiger partial charge in [-0.1, -0.05) is 0 Å². The van der Waals surface area contributed by atoms with Crippen molar-refractivity contribution in [1.29, 1.82) is 0 Å². The lowest BCUT2D eigenvalue weighted by Gasteiger charge is -2.25. The maximum absolute atomic E-state index is 10.4. The van der Waals surface area contributed by atoms with Crippen LogP contribution in [0, 0.1) is 0 Å². The van der Waals surface area contributed by atoms with Crippen molar-refractivity contribution in [1.82, 2.24) is 5.32 Å². The fourth-order valence-electron chi connectivity index (χ4n) is 0.737. The van der Waals surface area contributed by atoms with E-state index in [2.05, 4.69) is 9.50 Å². The van der Waals surface area contributed by atoms with Gasteiger partial charge in [0.25, 0.3) is 10.1 Å². The van der Waals surface area contributed by atoms with Crippen LogP contribution in [0.1, 0.15) is 6.42 Å². The zero-order valence-corrected chi connectivity index (χ0v) is 6.85. The zero-order chi connectivity index (χ0) is 8.48. The fourth-order valence-corrected chi connectivity index (χ4v) is 1.15. The number of hydrogen-bond acceptors (Lipinski definition) is 4. The molecule has 0 radical (unpaired) electrons. The third-order valence-corrected chi connectivity index (χ3v) is 1.84. The fraction of sp³-hybridized carbons (Fsp3) is 0.800. The van der Waals surface area contributed by atoms with Gasteiger partial charge in [0.2, 0.25) is 5.91 Å². The van der Waals surface area contributed by atoms with Gasteiger partial charge in [0.15, 0.2) is 0 Å². The summed E-state index contributed by atoms with van der Waals surface area (Å²) in [6, 6.07) is -0.128. The summed E-state index contributed by atoms with van der Waals surface area (Å²) in [6.45, 7) is 0.0462. The number of carbonyl (C=O) groups is 1. The van der Waals surface area contributed by atoms with E-state index >= 15 is 0 Å². The summed E-state index contributed by atoms with van der Waals surface area (Å²) in [7, 11) is -3.36. The Hall–Kier alpha value is -0.620. The maximum atomic E-state index is 10.4. The molecule has 1 heterocycles. The summed E-state index contributed by atoms with van der Waals surface area (Å²) in [6.07, 6.45) is 1.34. The molecule has 1 aliphatic rings. The van der Waals surface area contributed by atoms with Gasteiger partial charge >= 0.3 is 0 Å². The minimum absolute atomic E-state index is 0.0462. The van der Waals surface area contributed by atoms with Gasteiger partial charge in [0.05, 0.1) is 18.9 Å². The van der Waals surface area contributed by atoms with E-state index in [4.69, 9.17) is 0 Å². The van der Waals surface area contributed by atoms with Crippen LogP contribution in [0.3, 0.4) is 0 Å². The van der Waals surface area contributed by atoms with Gasteiger partial charge < -0.3 is 5.32 Å². The molecule has 5 nitrogen and oxygen atoms in total. The van der Waals surface area contributed by atoms with Crippen LogP contribution in [0.4, 0.5) is 0 Å². The Morgan fingerprint density at radius 3 is 2.64 bits per heavy atom. The van der Waals surface area contributed by atoms with Crippen LogP contribution < -0.4 is 5.32 Å². The number of β-lactam (4-membered cyclic amide) rings is 1. The topological polar surface area (TPSA) is 72.5 Å². The highest BCUT2D eigenvalue weighted by Crippen LogP contribution is 2.04. The second-order valence-electron chi connectivity index (χ2n) is 2.46. The summed E-state index contributed by atoms with van der Waals surface area (Å²) in [5, 5.41) is 2.49. The van der Waals surface area contributed by atoms with Crippen molar-refractivity contribution in [3.8, 4) is 0 Å². The third kappa shape index (κ3) is 2.85. The largest absolute Gasteiger partial charge is 0.350 e. The molecule has 1 N–H and O–H groups in total. The first-order chi connectivity index (χ1) is 4.97. The normalized spacial score (nSPS) is 24.1. The van der Waals surface area contributed by atoms with Crippen molar-refractivity contribution in [2.75, 3.05) is 12.9 Å². The molecular weight excluding hydrogens is 170 g/mol. The average Bonchev–Trinajstić information content (AvgIpc) is 1.75. The molecule has 1 atom stereocenters. The maximum Gasteiger partial charge on any atom is 0.264 e. The van der Waals surface area contributed by atoms with Crippen LogP contribution in [0.15, 0.2) is 0 Å². The van der Waals surface area contributed by atoms with Crippen LogP contribution >= 0.6 is 0 Å². The molecule has 6 heteroatoms. The lowest BCUT2D eigenvalue weighted by atomic mass is 10.1. The van der Waals surface area contributed by atoms with Gasteiger partial charge in [-0.05, 0) is 0 Å². The van der Waals surface area contributed by atoms with Crippen molar-refractivity contribution in [3.05, 3.63) is 0 Å². The molecule has 1 saturated heterocycles. The van der Waals surface area contributed by atoms with E-state index < -0.39 is 10.1 Å². The molecule has 0 bridgehead atoms. The van der Waals surface area contributed by atoms with Crippen molar-refractivity contribution in [2.45, 2.75) is 12.5 Å². The first-order valence-electron chi connectivity index (χ1n) is 3.11. The summed E-state index contributed by atoms with van der Waals surface area (Å²) in [5.41, 5.74) is 0. The lowest BCUT2D eigenvalue weighted by molar-refractivity contribution is -0.128. The molecular formula is C5H9NO4S. The molecule has 1 aliphatic heterocycles. The van der Waals surface area contributed by atoms with Crippen molar-refractivity contribution in [2.24, 2.45) is 0 Å². The summed E-state index contributed by atoms with van der Waals surface area (Å²) >= 11 is 0. The lowest BCUT2D eigenvalue weighted by Crippen LogP contribution is -2.51. The minimum Gasteiger partial charge on any atom is -0.350 e. The van der Waals surface area contributed by atoms with Gasteiger partial charge in [-0.2, -0.15) is 8.42 Å². The van der Waals surface area contributed by atoms with Gasteiger partial charge in [0.1, 0.15) is 0 Å². The van der Waals surface area contributed by atoms with Crippen LogP contribution in [0.5, 0.6) is 0 Å². The molecule has 0 spiro atoms. The summed E-state index contributed by atoms with van der Waals surface area (Å²) < 4.78 is 25.3.